The SMILES string of the molecule is CCOc1ccccc1CC(C#N)c1ccccc1. The summed E-state index contributed by atoms with van der Waals surface area (Å²) in [7, 11) is 0. The molecule has 1 atom stereocenters. The largest absolute Gasteiger partial charge is 0.494 e. The van der Waals surface area contributed by atoms with E-state index < -0.39 is 0 Å². The number of nitriles is 1. The number of nitrogens with zero attached hydrogens (tertiary/aromatic N) is 1. The minimum Gasteiger partial charge on any atom is -0.494 e. The van der Waals surface area contributed by atoms with Gasteiger partial charge in [0.2, 0.25) is 0 Å². The van der Waals surface area contributed by atoms with E-state index in [0.717, 1.165) is 16.9 Å². The molecule has 2 heteroatoms. The highest BCUT2D eigenvalue weighted by molar-refractivity contribution is 5.37. The molecule has 0 aliphatic rings. The summed E-state index contributed by atoms with van der Waals surface area (Å²) in [5.41, 5.74) is 2.14. The lowest BCUT2D eigenvalue weighted by atomic mass is 9.93. The van der Waals surface area contributed by atoms with Crippen LogP contribution in [0.3, 0.4) is 0 Å². The molecule has 0 radical (unpaired) electrons. The smallest absolute Gasteiger partial charge is 0.122 e. The predicted molar refractivity (Wildman–Crippen MR) is 76.1 cm³/mol. The van der Waals surface area contributed by atoms with Crippen LogP contribution in [0.25, 0.3) is 0 Å². The van der Waals surface area contributed by atoms with Crippen molar-refractivity contribution in [1.82, 2.24) is 0 Å². The first-order chi connectivity index (χ1) is 9.35. The van der Waals surface area contributed by atoms with Crippen LogP contribution in [0, 0.1) is 11.3 Å². The van der Waals surface area contributed by atoms with Crippen LogP contribution in [0.4, 0.5) is 0 Å². The summed E-state index contributed by atoms with van der Waals surface area (Å²) < 4.78 is 5.61. The Morgan fingerprint density at radius 2 is 1.74 bits per heavy atom. The van der Waals surface area contributed by atoms with E-state index >= 15 is 0 Å². The summed E-state index contributed by atoms with van der Waals surface area (Å²) in [4.78, 5) is 0. The monoisotopic (exact) mass is 251 g/mol. The first-order valence-corrected chi connectivity index (χ1v) is 6.50. The Balaban J connectivity index is 2.22. The first kappa shape index (κ1) is 13.2. The molecular formula is C17H17NO. The fourth-order valence-corrected chi connectivity index (χ4v) is 2.11. The highest BCUT2D eigenvalue weighted by Crippen LogP contribution is 2.26. The molecular weight excluding hydrogens is 234 g/mol. The maximum atomic E-state index is 9.37. The van der Waals surface area contributed by atoms with E-state index in [1.54, 1.807) is 0 Å². The van der Waals surface area contributed by atoms with Crippen molar-refractivity contribution in [1.29, 1.82) is 5.26 Å². The van der Waals surface area contributed by atoms with E-state index in [9.17, 15) is 5.26 Å². The minimum atomic E-state index is -0.136. The van der Waals surface area contributed by atoms with Gasteiger partial charge in [0.1, 0.15) is 5.75 Å². The van der Waals surface area contributed by atoms with Gasteiger partial charge in [-0.15, -0.1) is 0 Å². The quantitative estimate of drug-likeness (QED) is 0.806. The van der Waals surface area contributed by atoms with Crippen LogP contribution < -0.4 is 4.74 Å². The van der Waals surface area contributed by atoms with E-state index in [2.05, 4.69) is 6.07 Å². The van der Waals surface area contributed by atoms with Gasteiger partial charge in [0.15, 0.2) is 0 Å². The second-order valence-electron chi connectivity index (χ2n) is 4.34. The Morgan fingerprint density at radius 1 is 1.05 bits per heavy atom. The van der Waals surface area contributed by atoms with E-state index in [4.69, 9.17) is 4.74 Å². The Kier molecular flexibility index (Phi) is 4.58. The second kappa shape index (κ2) is 6.61. The lowest BCUT2D eigenvalue weighted by molar-refractivity contribution is 0.336. The van der Waals surface area contributed by atoms with Gasteiger partial charge in [-0.1, -0.05) is 48.5 Å². The van der Waals surface area contributed by atoms with Crippen LogP contribution in [0.2, 0.25) is 0 Å². The van der Waals surface area contributed by atoms with Gasteiger partial charge in [-0.25, -0.2) is 0 Å². The van der Waals surface area contributed by atoms with Gasteiger partial charge in [-0.3, -0.25) is 0 Å². The van der Waals surface area contributed by atoms with Crippen molar-refractivity contribution in [3.8, 4) is 11.8 Å². The molecule has 2 aromatic rings. The highest BCUT2D eigenvalue weighted by Gasteiger charge is 2.13. The molecule has 0 fully saturated rings. The molecule has 0 aliphatic heterocycles. The van der Waals surface area contributed by atoms with Gasteiger partial charge < -0.3 is 4.74 Å². The Hall–Kier alpha value is -2.27. The number of benzene rings is 2. The number of ether oxygens (including phenoxy) is 1. The molecule has 0 bridgehead atoms. The maximum absolute atomic E-state index is 9.37. The lowest BCUT2D eigenvalue weighted by Gasteiger charge is -2.13. The van der Waals surface area contributed by atoms with Gasteiger partial charge in [-0.05, 0) is 30.5 Å². The van der Waals surface area contributed by atoms with Gasteiger partial charge in [0.25, 0.3) is 0 Å². The summed E-state index contributed by atoms with van der Waals surface area (Å²) in [5, 5.41) is 9.37. The molecule has 19 heavy (non-hydrogen) atoms. The molecule has 0 heterocycles. The molecule has 0 spiro atoms. The third-order valence-electron chi connectivity index (χ3n) is 3.05. The van der Waals surface area contributed by atoms with Crippen LogP contribution in [0.1, 0.15) is 24.0 Å². The number of hydrogen-bond acceptors (Lipinski definition) is 2. The summed E-state index contributed by atoms with van der Waals surface area (Å²) in [6, 6.07) is 20.2. The molecule has 0 amide bonds. The standard InChI is InChI=1S/C17H17NO/c1-2-19-17-11-7-6-10-15(17)12-16(13-18)14-8-4-3-5-9-14/h3-11,16H,2,12H2,1H3. The lowest BCUT2D eigenvalue weighted by Crippen LogP contribution is -2.03. The van der Waals surface area contributed by atoms with Gasteiger partial charge in [-0.2, -0.15) is 5.26 Å². The molecule has 0 aliphatic carbocycles. The molecule has 96 valence electrons. The maximum Gasteiger partial charge on any atom is 0.122 e. The van der Waals surface area contributed by atoms with Crippen molar-refractivity contribution < 1.29 is 4.74 Å². The zero-order chi connectivity index (χ0) is 13.5. The summed E-state index contributed by atoms with van der Waals surface area (Å²) in [6.07, 6.45) is 0.677. The first-order valence-electron chi connectivity index (χ1n) is 6.50. The van der Waals surface area contributed by atoms with E-state index in [1.165, 1.54) is 0 Å². The molecule has 0 aromatic heterocycles. The van der Waals surface area contributed by atoms with Crippen molar-refractivity contribution in [3.05, 3.63) is 65.7 Å². The van der Waals surface area contributed by atoms with Crippen LogP contribution in [0.15, 0.2) is 54.6 Å². The minimum absolute atomic E-state index is 0.136. The average molecular weight is 251 g/mol. The van der Waals surface area contributed by atoms with E-state index in [1.807, 2.05) is 61.5 Å². The van der Waals surface area contributed by atoms with Crippen molar-refractivity contribution >= 4 is 0 Å². The Bertz CT molecular complexity index is 557. The normalized spacial score (nSPS) is 11.6. The summed E-state index contributed by atoms with van der Waals surface area (Å²) in [5.74, 6) is 0.740. The van der Waals surface area contributed by atoms with Crippen molar-refractivity contribution in [2.24, 2.45) is 0 Å². The van der Waals surface area contributed by atoms with Crippen molar-refractivity contribution in [3.63, 3.8) is 0 Å². The number of hydrogen-bond donors (Lipinski definition) is 0. The fraction of sp³-hybridized carbons (Fsp3) is 0.235. The van der Waals surface area contributed by atoms with Crippen LogP contribution >= 0.6 is 0 Å². The van der Waals surface area contributed by atoms with Crippen LogP contribution in [-0.2, 0) is 6.42 Å². The molecule has 0 saturated heterocycles. The topological polar surface area (TPSA) is 33.0 Å². The predicted octanol–water partition coefficient (Wildman–Crippen LogP) is 3.94. The third-order valence-corrected chi connectivity index (χ3v) is 3.05. The van der Waals surface area contributed by atoms with Crippen molar-refractivity contribution in [2.45, 2.75) is 19.3 Å². The molecule has 2 nitrogen and oxygen atoms in total. The molecule has 2 rings (SSSR count). The average Bonchev–Trinajstić information content (AvgIpc) is 2.47. The van der Waals surface area contributed by atoms with Crippen LogP contribution in [0.5, 0.6) is 5.75 Å². The van der Waals surface area contributed by atoms with Gasteiger partial charge in [0, 0.05) is 0 Å². The zero-order valence-electron chi connectivity index (χ0n) is 11.0. The molecule has 2 aromatic carbocycles. The molecule has 0 saturated carbocycles. The third kappa shape index (κ3) is 3.35. The van der Waals surface area contributed by atoms with Gasteiger partial charge in [0.05, 0.1) is 18.6 Å². The summed E-state index contributed by atoms with van der Waals surface area (Å²) in [6.45, 7) is 2.61. The zero-order valence-corrected chi connectivity index (χ0v) is 11.0. The highest BCUT2D eigenvalue weighted by atomic mass is 16.5. The van der Waals surface area contributed by atoms with Crippen LogP contribution in [-0.4, -0.2) is 6.61 Å². The number of para-hydroxylation sites is 1. The molecule has 0 N–H and O–H groups in total. The van der Waals surface area contributed by atoms with Gasteiger partial charge >= 0.3 is 0 Å². The Labute approximate surface area is 114 Å². The summed E-state index contributed by atoms with van der Waals surface area (Å²) >= 11 is 0. The molecule has 1 unspecified atom stereocenters. The fourth-order valence-electron chi connectivity index (χ4n) is 2.11. The second-order valence-corrected chi connectivity index (χ2v) is 4.34. The van der Waals surface area contributed by atoms with E-state index in [0.29, 0.717) is 13.0 Å². The Morgan fingerprint density at radius 3 is 2.42 bits per heavy atom. The van der Waals surface area contributed by atoms with E-state index in [-0.39, 0.29) is 5.92 Å². The van der Waals surface area contributed by atoms with Crippen molar-refractivity contribution in [2.75, 3.05) is 6.61 Å². The number of rotatable bonds is 5.